The van der Waals surface area contributed by atoms with Gasteiger partial charge in [-0.05, 0) is 25.0 Å². The Labute approximate surface area is 105 Å². The van der Waals surface area contributed by atoms with E-state index in [1.165, 1.54) is 0 Å². The minimum atomic E-state index is -0.349. The maximum absolute atomic E-state index is 11.1. The first kappa shape index (κ1) is 12.3. The van der Waals surface area contributed by atoms with Crippen molar-refractivity contribution in [3.63, 3.8) is 0 Å². The lowest BCUT2D eigenvalue weighted by atomic mass is 10.2. The fourth-order valence-electron chi connectivity index (χ4n) is 1.95. The van der Waals surface area contributed by atoms with Gasteiger partial charge in [-0.2, -0.15) is 0 Å². The first-order chi connectivity index (χ1) is 8.63. The summed E-state index contributed by atoms with van der Waals surface area (Å²) >= 11 is 0. The van der Waals surface area contributed by atoms with Crippen LogP contribution in [0.1, 0.15) is 24.7 Å². The lowest BCUT2D eigenvalue weighted by molar-refractivity contribution is -0.384. The predicted octanol–water partition coefficient (Wildman–Crippen LogP) is 3.04. The van der Waals surface area contributed by atoms with Gasteiger partial charge in [0.1, 0.15) is 11.5 Å². The van der Waals surface area contributed by atoms with E-state index < -0.39 is 0 Å². The third kappa shape index (κ3) is 2.25. The Morgan fingerprint density at radius 2 is 2.22 bits per heavy atom. The average Bonchev–Trinajstić information content (AvgIpc) is 2.77. The highest BCUT2D eigenvalue weighted by molar-refractivity contribution is 5.54. The second kappa shape index (κ2) is 5.00. The Kier molecular flexibility index (Phi) is 3.41. The molecule has 0 radical (unpaired) electrons. The number of nitrogens with zero attached hydrogens (tertiary/aromatic N) is 3. The van der Waals surface area contributed by atoms with Gasteiger partial charge in [-0.1, -0.05) is 13.0 Å². The van der Waals surface area contributed by atoms with E-state index in [1.54, 1.807) is 29.1 Å². The quantitative estimate of drug-likeness (QED) is 0.614. The molecular weight excluding hydrogens is 230 g/mol. The Bertz CT molecular complexity index is 575. The maximum atomic E-state index is 11.1. The van der Waals surface area contributed by atoms with Crippen LogP contribution in [-0.2, 0) is 6.42 Å². The highest BCUT2D eigenvalue weighted by atomic mass is 16.6. The molecule has 18 heavy (non-hydrogen) atoms. The summed E-state index contributed by atoms with van der Waals surface area (Å²) in [7, 11) is 0. The van der Waals surface area contributed by atoms with Crippen LogP contribution in [0.25, 0.3) is 5.69 Å². The zero-order valence-electron chi connectivity index (χ0n) is 10.5. The lowest BCUT2D eigenvalue weighted by Crippen LogP contribution is -2.04. The molecule has 2 rings (SSSR count). The summed E-state index contributed by atoms with van der Waals surface area (Å²) in [5.74, 6) is 0.851. The zero-order valence-corrected chi connectivity index (χ0v) is 10.5. The van der Waals surface area contributed by atoms with E-state index in [4.69, 9.17) is 0 Å². The van der Waals surface area contributed by atoms with Crippen LogP contribution in [0.3, 0.4) is 0 Å². The van der Waals surface area contributed by atoms with E-state index in [0.717, 1.165) is 24.2 Å². The van der Waals surface area contributed by atoms with Crippen molar-refractivity contribution >= 4 is 5.69 Å². The molecule has 2 aromatic rings. The van der Waals surface area contributed by atoms with E-state index in [0.29, 0.717) is 5.69 Å². The summed E-state index contributed by atoms with van der Waals surface area (Å²) < 4.78 is 1.79. The standard InChI is InChI=1S/C13H15N3O2/c1-3-4-13-14-7-8-15(13)11-6-5-10(2)9-12(11)16(17)18/h5-9H,3-4H2,1-2H3. The molecule has 0 aliphatic heterocycles. The summed E-state index contributed by atoms with van der Waals surface area (Å²) in [5, 5.41) is 11.1. The van der Waals surface area contributed by atoms with Crippen molar-refractivity contribution in [2.45, 2.75) is 26.7 Å². The van der Waals surface area contributed by atoms with Crippen molar-refractivity contribution in [1.29, 1.82) is 0 Å². The van der Waals surface area contributed by atoms with E-state index in [-0.39, 0.29) is 10.6 Å². The van der Waals surface area contributed by atoms with Gasteiger partial charge in [0, 0.05) is 24.9 Å². The molecule has 1 aromatic carbocycles. The first-order valence-corrected chi connectivity index (χ1v) is 5.91. The molecule has 0 fully saturated rings. The number of hydrogen-bond donors (Lipinski definition) is 0. The minimum Gasteiger partial charge on any atom is -0.298 e. The molecule has 0 N–H and O–H groups in total. The Morgan fingerprint density at radius 3 is 2.89 bits per heavy atom. The molecular formula is C13H15N3O2. The van der Waals surface area contributed by atoms with Crippen LogP contribution < -0.4 is 0 Å². The molecule has 1 aromatic heterocycles. The summed E-state index contributed by atoms with van der Waals surface area (Å²) in [5.41, 5.74) is 1.57. The second-order valence-corrected chi connectivity index (χ2v) is 4.21. The fraction of sp³-hybridized carbons (Fsp3) is 0.308. The number of imidazole rings is 1. The van der Waals surface area contributed by atoms with Gasteiger partial charge in [-0.25, -0.2) is 4.98 Å². The number of rotatable bonds is 4. The highest BCUT2D eigenvalue weighted by Gasteiger charge is 2.17. The van der Waals surface area contributed by atoms with Crippen LogP contribution in [-0.4, -0.2) is 14.5 Å². The molecule has 5 nitrogen and oxygen atoms in total. The summed E-state index contributed by atoms with van der Waals surface area (Å²) in [6.07, 6.45) is 5.20. The Hall–Kier alpha value is -2.17. The van der Waals surface area contributed by atoms with Crippen molar-refractivity contribution in [3.8, 4) is 5.69 Å². The molecule has 0 aliphatic rings. The van der Waals surface area contributed by atoms with E-state index in [9.17, 15) is 10.1 Å². The SMILES string of the molecule is CCCc1nccn1-c1ccc(C)cc1[N+](=O)[O-]. The molecule has 0 atom stereocenters. The van der Waals surface area contributed by atoms with Crippen LogP contribution >= 0.6 is 0 Å². The molecule has 0 aliphatic carbocycles. The van der Waals surface area contributed by atoms with E-state index in [1.807, 2.05) is 13.0 Å². The molecule has 0 spiro atoms. The largest absolute Gasteiger partial charge is 0.298 e. The smallest absolute Gasteiger partial charge is 0.293 e. The van der Waals surface area contributed by atoms with E-state index >= 15 is 0 Å². The molecule has 0 unspecified atom stereocenters. The van der Waals surface area contributed by atoms with Crippen LogP contribution in [0.5, 0.6) is 0 Å². The third-order valence-corrected chi connectivity index (χ3v) is 2.78. The van der Waals surface area contributed by atoms with Gasteiger partial charge in [0.25, 0.3) is 5.69 Å². The normalized spacial score (nSPS) is 10.6. The van der Waals surface area contributed by atoms with Crippen LogP contribution in [0.2, 0.25) is 0 Å². The van der Waals surface area contributed by atoms with Crippen molar-refractivity contribution in [2.24, 2.45) is 0 Å². The molecule has 94 valence electrons. The van der Waals surface area contributed by atoms with Gasteiger partial charge in [0.2, 0.25) is 0 Å². The van der Waals surface area contributed by atoms with Crippen LogP contribution in [0.15, 0.2) is 30.6 Å². The van der Waals surface area contributed by atoms with Crippen molar-refractivity contribution in [2.75, 3.05) is 0 Å². The Balaban J connectivity index is 2.56. The van der Waals surface area contributed by atoms with Gasteiger partial charge >= 0.3 is 0 Å². The maximum Gasteiger partial charge on any atom is 0.293 e. The van der Waals surface area contributed by atoms with Gasteiger partial charge < -0.3 is 0 Å². The number of hydrogen-bond acceptors (Lipinski definition) is 3. The van der Waals surface area contributed by atoms with Gasteiger partial charge in [0.05, 0.1) is 4.92 Å². The Morgan fingerprint density at radius 1 is 1.44 bits per heavy atom. The second-order valence-electron chi connectivity index (χ2n) is 4.21. The molecule has 0 amide bonds. The lowest BCUT2D eigenvalue weighted by Gasteiger charge is -2.08. The summed E-state index contributed by atoms with van der Waals surface area (Å²) in [4.78, 5) is 15.0. The molecule has 0 saturated carbocycles. The topological polar surface area (TPSA) is 61.0 Å². The van der Waals surface area contributed by atoms with E-state index in [2.05, 4.69) is 11.9 Å². The number of benzene rings is 1. The zero-order chi connectivity index (χ0) is 13.1. The molecule has 1 heterocycles. The third-order valence-electron chi connectivity index (χ3n) is 2.78. The van der Waals surface area contributed by atoms with Crippen LogP contribution in [0, 0.1) is 17.0 Å². The number of nitro groups is 1. The summed E-state index contributed by atoms with van der Waals surface area (Å²) in [6, 6.07) is 5.23. The molecule has 5 heteroatoms. The summed E-state index contributed by atoms with van der Waals surface area (Å²) in [6.45, 7) is 3.90. The van der Waals surface area contributed by atoms with Gasteiger partial charge in [-0.3, -0.25) is 14.7 Å². The monoisotopic (exact) mass is 245 g/mol. The predicted molar refractivity (Wildman–Crippen MR) is 69.0 cm³/mol. The first-order valence-electron chi connectivity index (χ1n) is 5.91. The van der Waals surface area contributed by atoms with Crippen molar-refractivity contribution in [3.05, 3.63) is 52.1 Å². The number of aromatic nitrogens is 2. The number of nitro benzene ring substituents is 1. The minimum absolute atomic E-state index is 0.116. The van der Waals surface area contributed by atoms with Gasteiger partial charge in [-0.15, -0.1) is 0 Å². The number of aryl methyl sites for hydroxylation is 2. The van der Waals surface area contributed by atoms with Crippen molar-refractivity contribution < 1.29 is 4.92 Å². The fourth-order valence-corrected chi connectivity index (χ4v) is 1.95. The molecule has 0 bridgehead atoms. The highest BCUT2D eigenvalue weighted by Crippen LogP contribution is 2.25. The van der Waals surface area contributed by atoms with Crippen LogP contribution in [0.4, 0.5) is 5.69 Å². The van der Waals surface area contributed by atoms with Crippen molar-refractivity contribution in [1.82, 2.24) is 9.55 Å². The van der Waals surface area contributed by atoms with Gasteiger partial charge in [0.15, 0.2) is 0 Å². The average molecular weight is 245 g/mol. The molecule has 0 saturated heterocycles.